The van der Waals surface area contributed by atoms with Crippen molar-refractivity contribution in [2.75, 3.05) is 6.54 Å². The number of amides is 3. The van der Waals surface area contributed by atoms with Gasteiger partial charge in [-0.05, 0) is 25.0 Å². The molecule has 2 atom stereocenters. The highest BCUT2D eigenvalue weighted by atomic mass is 16.4. The molecule has 2 aliphatic heterocycles. The summed E-state index contributed by atoms with van der Waals surface area (Å²) < 4.78 is 0. The zero-order valence-corrected chi connectivity index (χ0v) is 10.7. The van der Waals surface area contributed by atoms with Crippen LogP contribution in [0.15, 0.2) is 30.3 Å². The predicted octanol–water partition coefficient (Wildman–Crippen LogP) is 1.18. The van der Waals surface area contributed by atoms with E-state index in [1.54, 1.807) is 30.3 Å². The zero-order valence-electron chi connectivity index (χ0n) is 10.7. The minimum Gasteiger partial charge on any atom is -0.480 e. The second-order valence-electron chi connectivity index (χ2n) is 5.06. The van der Waals surface area contributed by atoms with E-state index < -0.39 is 18.0 Å². The molecule has 6 heteroatoms. The van der Waals surface area contributed by atoms with Crippen LogP contribution in [0.25, 0.3) is 0 Å². The molecule has 2 saturated heterocycles. The van der Waals surface area contributed by atoms with Crippen molar-refractivity contribution < 1.29 is 19.5 Å². The average Bonchev–Trinajstić information content (AvgIpc) is 2.71. The van der Waals surface area contributed by atoms with Crippen LogP contribution in [-0.2, 0) is 4.79 Å². The van der Waals surface area contributed by atoms with Gasteiger partial charge >= 0.3 is 12.0 Å². The molecule has 2 aliphatic rings. The molecule has 2 heterocycles. The lowest BCUT2D eigenvalue weighted by molar-refractivity contribution is -0.142. The van der Waals surface area contributed by atoms with Gasteiger partial charge in [-0.25, -0.2) is 9.59 Å². The summed E-state index contributed by atoms with van der Waals surface area (Å²) in [5.74, 6) is -1.36. The Hall–Kier alpha value is -2.37. The van der Waals surface area contributed by atoms with E-state index in [-0.39, 0.29) is 11.9 Å². The number of rotatable bonds is 2. The number of carboxylic acid groups (broad SMARTS) is 1. The third kappa shape index (κ3) is 1.84. The van der Waals surface area contributed by atoms with Crippen LogP contribution >= 0.6 is 0 Å². The molecule has 104 valence electrons. The molecule has 6 nitrogen and oxygen atoms in total. The molecule has 2 bridgehead atoms. The van der Waals surface area contributed by atoms with Gasteiger partial charge in [0.1, 0.15) is 6.04 Å². The topological polar surface area (TPSA) is 77.9 Å². The first kappa shape index (κ1) is 12.7. The van der Waals surface area contributed by atoms with Crippen molar-refractivity contribution in [3.05, 3.63) is 35.9 Å². The minimum atomic E-state index is -1.01. The highest BCUT2D eigenvalue weighted by Crippen LogP contribution is 2.31. The van der Waals surface area contributed by atoms with Crippen molar-refractivity contribution in [2.45, 2.75) is 24.9 Å². The molecule has 1 aromatic carbocycles. The molecule has 0 radical (unpaired) electrons. The lowest BCUT2D eigenvalue weighted by Gasteiger charge is -2.27. The lowest BCUT2D eigenvalue weighted by atomic mass is 10.0. The fraction of sp³-hybridized carbons (Fsp3) is 0.357. The van der Waals surface area contributed by atoms with Crippen LogP contribution in [0.3, 0.4) is 0 Å². The number of carbonyl (C=O) groups is 3. The highest BCUT2D eigenvalue weighted by Gasteiger charge is 2.49. The summed E-state index contributed by atoms with van der Waals surface area (Å²) in [6.07, 6.45) is 0.933. The van der Waals surface area contributed by atoms with Gasteiger partial charge in [0, 0.05) is 12.1 Å². The fourth-order valence-corrected chi connectivity index (χ4v) is 2.90. The molecule has 1 N–H and O–H groups in total. The van der Waals surface area contributed by atoms with E-state index in [1.165, 1.54) is 9.80 Å². The molecule has 2 fully saturated rings. The SMILES string of the molecule is O=C(O)[C@H]1CC[C@H]2CN1C(=O)N2C(=O)c1ccccc1. The number of aliphatic carboxylic acids is 1. The van der Waals surface area contributed by atoms with Gasteiger partial charge in [-0.2, -0.15) is 0 Å². The predicted molar refractivity (Wildman–Crippen MR) is 69.2 cm³/mol. The zero-order chi connectivity index (χ0) is 14.3. The summed E-state index contributed by atoms with van der Waals surface area (Å²) in [4.78, 5) is 38.3. The van der Waals surface area contributed by atoms with E-state index in [4.69, 9.17) is 5.11 Å². The monoisotopic (exact) mass is 274 g/mol. The molecule has 0 saturated carbocycles. The quantitative estimate of drug-likeness (QED) is 0.878. The largest absolute Gasteiger partial charge is 0.480 e. The van der Waals surface area contributed by atoms with Crippen molar-refractivity contribution in [1.82, 2.24) is 9.80 Å². The maximum atomic E-state index is 12.4. The van der Waals surface area contributed by atoms with Gasteiger partial charge in [-0.3, -0.25) is 9.69 Å². The van der Waals surface area contributed by atoms with Gasteiger partial charge in [-0.15, -0.1) is 0 Å². The first-order valence-electron chi connectivity index (χ1n) is 6.51. The summed E-state index contributed by atoms with van der Waals surface area (Å²) in [7, 11) is 0. The molecule has 0 aliphatic carbocycles. The Balaban J connectivity index is 1.88. The third-order valence-corrected chi connectivity index (χ3v) is 3.90. The Morgan fingerprint density at radius 3 is 2.50 bits per heavy atom. The van der Waals surface area contributed by atoms with Crippen LogP contribution in [0.1, 0.15) is 23.2 Å². The lowest BCUT2D eigenvalue weighted by Crippen LogP contribution is -2.45. The van der Waals surface area contributed by atoms with Gasteiger partial charge in [0.15, 0.2) is 0 Å². The maximum absolute atomic E-state index is 12.4. The van der Waals surface area contributed by atoms with Crippen LogP contribution in [0.2, 0.25) is 0 Å². The number of hydrogen-bond acceptors (Lipinski definition) is 3. The number of carbonyl (C=O) groups excluding carboxylic acids is 2. The van der Waals surface area contributed by atoms with Gasteiger partial charge in [0.05, 0.1) is 6.04 Å². The number of imide groups is 1. The third-order valence-electron chi connectivity index (χ3n) is 3.90. The Bertz CT molecular complexity index is 572. The van der Waals surface area contributed by atoms with E-state index in [9.17, 15) is 14.4 Å². The molecule has 0 spiro atoms. The van der Waals surface area contributed by atoms with Gasteiger partial charge in [-0.1, -0.05) is 18.2 Å². The molecule has 3 rings (SSSR count). The molecule has 20 heavy (non-hydrogen) atoms. The van der Waals surface area contributed by atoms with Crippen LogP contribution in [0.4, 0.5) is 4.79 Å². The summed E-state index contributed by atoms with van der Waals surface area (Å²) in [6.45, 7) is 0.314. The van der Waals surface area contributed by atoms with Crippen molar-refractivity contribution >= 4 is 17.9 Å². The molecule has 3 amide bonds. The van der Waals surface area contributed by atoms with Gasteiger partial charge in [0.2, 0.25) is 0 Å². The number of hydrogen-bond donors (Lipinski definition) is 1. The second-order valence-corrected chi connectivity index (χ2v) is 5.06. The van der Waals surface area contributed by atoms with E-state index in [0.717, 1.165) is 0 Å². The van der Waals surface area contributed by atoms with Crippen LogP contribution in [-0.4, -0.2) is 51.4 Å². The molecular weight excluding hydrogens is 260 g/mol. The number of benzene rings is 1. The van der Waals surface area contributed by atoms with E-state index >= 15 is 0 Å². The second kappa shape index (κ2) is 4.63. The number of nitrogens with zero attached hydrogens (tertiary/aromatic N) is 2. The molecule has 0 unspecified atom stereocenters. The Morgan fingerprint density at radius 1 is 1.15 bits per heavy atom. The number of fused-ring (bicyclic) bond motifs is 2. The first-order chi connectivity index (χ1) is 9.59. The average molecular weight is 274 g/mol. The first-order valence-corrected chi connectivity index (χ1v) is 6.51. The number of piperidine rings is 1. The maximum Gasteiger partial charge on any atom is 0.328 e. The Morgan fingerprint density at radius 2 is 1.85 bits per heavy atom. The smallest absolute Gasteiger partial charge is 0.328 e. The standard InChI is InChI=1S/C14H14N2O4/c17-12(9-4-2-1-3-5-9)16-10-6-7-11(13(18)19)15(8-10)14(16)20/h1-5,10-11H,6-8H2,(H,18,19)/t10-,11+/m0/s1. The summed E-state index contributed by atoms with van der Waals surface area (Å²) in [6, 6.07) is 7.06. The van der Waals surface area contributed by atoms with Crippen LogP contribution < -0.4 is 0 Å². The summed E-state index contributed by atoms with van der Waals surface area (Å²) in [5, 5.41) is 9.12. The number of urea groups is 1. The Kier molecular flexibility index (Phi) is 2.93. The molecule has 0 aromatic heterocycles. The molecule has 1 aromatic rings. The summed E-state index contributed by atoms with van der Waals surface area (Å²) >= 11 is 0. The Labute approximate surface area is 115 Å². The van der Waals surface area contributed by atoms with Crippen molar-refractivity contribution in [3.63, 3.8) is 0 Å². The minimum absolute atomic E-state index is 0.217. The van der Waals surface area contributed by atoms with Crippen LogP contribution in [0, 0.1) is 0 Å². The highest BCUT2D eigenvalue weighted by molar-refractivity contribution is 6.06. The number of carboxylic acids is 1. The van der Waals surface area contributed by atoms with Crippen molar-refractivity contribution in [2.24, 2.45) is 0 Å². The summed E-state index contributed by atoms with van der Waals surface area (Å²) in [5.41, 5.74) is 0.446. The van der Waals surface area contributed by atoms with Crippen molar-refractivity contribution in [1.29, 1.82) is 0 Å². The van der Waals surface area contributed by atoms with Gasteiger partial charge < -0.3 is 10.0 Å². The molecular formula is C14H14N2O4. The van der Waals surface area contributed by atoms with E-state index in [0.29, 0.717) is 24.9 Å². The normalized spacial score (nSPS) is 24.9. The van der Waals surface area contributed by atoms with Crippen LogP contribution in [0.5, 0.6) is 0 Å². The van der Waals surface area contributed by atoms with E-state index in [1.807, 2.05) is 0 Å². The van der Waals surface area contributed by atoms with E-state index in [2.05, 4.69) is 0 Å². The fourth-order valence-electron chi connectivity index (χ4n) is 2.90. The van der Waals surface area contributed by atoms with Crippen molar-refractivity contribution in [3.8, 4) is 0 Å². The van der Waals surface area contributed by atoms with Gasteiger partial charge in [0.25, 0.3) is 5.91 Å².